The Morgan fingerprint density at radius 3 is 2.86 bits per heavy atom. The summed E-state index contributed by atoms with van der Waals surface area (Å²) in [5.74, 6) is -0.992. The van der Waals surface area contributed by atoms with Crippen LogP contribution in [-0.2, 0) is 11.2 Å². The normalized spacial score (nSPS) is 12.5. The molecule has 4 nitrogen and oxygen atoms in total. The molecular formula is C9H11BrN2O2. The first-order valence-corrected chi connectivity index (χ1v) is 4.89. The smallest absolute Gasteiger partial charge is 0.320 e. The summed E-state index contributed by atoms with van der Waals surface area (Å²) >= 11 is 3.31. The van der Waals surface area contributed by atoms with Crippen LogP contribution in [0.2, 0.25) is 0 Å². The monoisotopic (exact) mass is 258 g/mol. The molecule has 1 aromatic rings. The topological polar surface area (TPSA) is 76.2 Å². The summed E-state index contributed by atoms with van der Waals surface area (Å²) in [7, 11) is 0. The van der Waals surface area contributed by atoms with Gasteiger partial charge >= 0.3 is 5.97 Å². The van der Waals surface area contributed by atoms with E-state index in [4.69, 9.17) is 10.8 Å². The van der Waals surface area contributed by atoms with Crippen molar-refractivity contribution in [3.63, 3.8) is 0 Å². The highest BCUT2D eigenvalue weighted by Crippen LogP contribution is 2.19. The number of aromatic nitrogens is 1. The van der Waals surface area contributed by atoms with Crippen LogP contribution < -0.4 is 5.73 Å². The van der Waals surface area contributed by atoms with E-state index in [1.807, 2.05) is 6.92 Å². The van der Waals surface area contributed by atoms with E-state index >= 15 is 0 Å². The molecule has 76 valence electrons. The lowest BCUT2D eigenvalue weighted by Gasteiger charge is -2.10. The number of hydrogen-bond acceptors (Lipinski definition) is 3. The standard InChI is InChI=1S/C9H11BrN2O2/c1-5-3-12-4-7(10)6(5)2-8(11)9(13)14/h3-4,8H,2,11H2,1H3,(H,13,14). The van der Waals surface area contributed by atoms with Gasteiger partial charge in [0.15, 0.2) is 0 Å². The zero-order chi connectivity index (χ0) is 10.7. The molecule has 5 heteroatoms. The number of halogens is 1. The first-order chi connectivity index (χ1) is 6.52. The Kier molecular flexibility index (Phi) is 3.60. The minimum atomic E-state index is -0.992. The van der Waals surface area contributed by atoms with Gasteiger partial charge in [-0.1, -0.05) is 0 Å². The number of pyridine rings is 1. The molecule has 0 fully saturated rings. The number of aliphatic carboxylic acids is 1. The summed E-state index contributed by atoms with van der Waals surface area (Å²) in [6, 6.07) is -0.868. The van der Waals surface area contributed by atoms with Crippen molar-refractivity contribution < 1.29 is 9.90 Å². The van der Waals surface area contributed by atoms with E-state index in [0.29, 0.717) is 6.42 Å². The summed E-state index contributed by atoms with van der Waals surface area (Å²) < 4.78 is 0.800. The van der Waals surface area contributed by atoms with Crippen molar-refractivity contribution in [3.8, 4) is 0 Å². The number of aryl methyl sites for hydroxylation is 1. The van der Waals surface area contributed by atoms with E-state index in [9.17, 15) is 4.79 Å². The fourth-order valence-corrected chi connectivity index (χ4v) is 1.72. The van der Waals surface area contributed by atoms with Crippen molar-refractivity contribution in [2.45, 2.75) is 19.4 Å². The van der Waals surface area contributed by atoms with Crippen molar-refractivity contribution in [2.24, 2.45) is 5.73 Å². The summed E-state index contributed by atoms with van der Waals surface area (Å²) in [5, 5.41) is 8.67. The Balaban J connectivity index is 2.91. The summed E-state index contributed by atoms with van der Waals surface area (Å²) in [4.78, 5) is 14.5. The lowest BCUT2D eigenvalue weighted by Crippen LogP contribution is -2.32. The van der Waals surface area contributed by atoms with E-state index in [1.165, 1.54) is 0 Å². The Hall–Kier alpha value is -0.940. The highest BCUT2D eigenvalue weighted by molar-refractivity contribution is 9.10. The molecule has 0 aromatic carbocycles. The molecule has 0 saturated carbocycles. The van der Waals surface area contributed by atoms with Crippen LogP contribution in [0, 0.1) is 6.92 Å². The number of nitrogens with two attached hydrogens (primary N) is 1. The Bertz CT molecular complexity index is 334. The molecule has 1 atom stereocenters. The molecule has 14 heavy (non-hydrogen) atoms. The molecular weight excluding hydrogens is 248 g/mol. The molecule has 0 aliphatic rings. The van der Waals surface area contributed by atoms with E-state index in [0.717, 1.165) is 15.6 Å². The van der Waals surface area contributed by atoms with Crippen molar-refractivity contribution >= 4 is 21.9 Å². The number of carbonyl (C=O) groups is 1. The third-order valence-corrected chi connectivity index (χ3v) is 2.64. The summed E-state index contributed by atoms with van der Waals surface area (Å²) in [6.07, 6.45) is 3.63. The number of rotatable bonds is 3. The fraction of sp³-hybridized carbons (Fsp3) is 0.333. The minimum Gasteiger partial charge on any atom is -0.480 e. The highest BCUT2D eigenvalue weighted by atomic mass is 79.9. The molecule has 1 aromatic heterocycles. The molecule has 0 bridgehead atoms. The van der Waals surface area contributed by atoms with Crippen LogP contribution in [0.15, 0.2) is 16.9 Å². The summed E-state index contributed by atoms with van der Waals surface area (Å²) in [6.45, 7) is 1.88. The predicted molar refractivity (Wildman–Crippen MR) is 56.0 cm³/mol. The maximum Gasteiger partial charge on any atom is 0.320 e. The van der Waals surface area contributed by atoms with Crippen molar-refractivity contribution in [2.75, 3.05) is 0 Å². The number of carboxylic acid groups (broad SMARTS) is 1. The quantitative estimate of drug-likeness (QED) is 0.852. The average Bonchev–Trinajstić information content (AvgIpc) is 2.11. The lowest BCUT2D eigenvalue weighted by atomic mass is 10.0. The van der Waals surface area contributed by atoms with Crippen molar-refractivity contribution in [3.05, 3.63) is 28.0 Å². The largest absolute Gasteiger partial charge is 0.480 e. The van der Waals surface area contributed by atoms with Gasteiger partial charge in [0.1, 0.15) is 6.04 Å². The van der Waals surface area contributed by atoms with Gasteiger partial charge < -0.3 is 10.8 Å². The van der Waals surface area contributed by atoms with Crippen LogP contribution in [0.1, 0.15) is 11.1 Å². The molecule has 3 N–H and O–H groups in total. The van der Waals surface area contributed by atoms with Crippen LogP contribution in [0.3, 0.4) is 0 Å². The van der Waals surface area contributed by atoms with Crippen molar-refractivity contribution in [1.82, 2.24) is 4.98 Å². The maximum absolute atomic E-state index is 10.6. The Labute approximate surface area is 90.3 Å². The van der Waals surface area contributed by atoms with Gasteiger partial charge in [0, 0.05) is 16.9 Å². The second-order valence-electron chi connectivity index (χ2n) is 3.07. The van der Waals surface area contributed by atoms with E-state index < -0.39 is 12.0 Å². The molecule has 0 saturated heterocycles. The van der Waals surface area contributed by atoms with Crippen LogP contribution in [0.25, 0.3) is 0 Å². The molecule has 1 unspecified atom stereocenters. The van der Waals surface area contributed by atoms with Gasteiger partial charge in [0.2, 0.25) is 0 Å². The SMILES string of the molecule is Cc1cncc(Br)c1CC(N)C(=O)O. The van der Waals surface area contributed by atoms with E-state index in [-0.39, 0.29) is 0 Å². The van der Waals surface area contributed by atoms with Gasteiger partial charge in [-0.15, -0.1) is 0 Å². The molecule has 0 amide bonds. The van der Waals surface area contributed by atoms with Gasteiger partial charge in [-0.25, -0.2) is 0 Å². The fourth-order valence-electron chi connectivity index (χ4n) is 1.12. The van der Waals surface area contributed by atoms with Gasteiger partial charge in [0.05, 0.1) is 0 Å². The van der Waals surface area contributed by atoms with Crippen LogP contribution in [0.5, 0.6) is 0 Å². The van der Waals surface area contributed by atoms with E-state index in [1.54, 1.807) is 12.4 Å². The molecule has 0 aliphatic heterocycles. The minimum absolute atomic E-state index is 0.310. The van der Waals surface area contributed by atoms with Crippen LogP contribution in [0.4, 0.5) is 0 Å². The van der Waals surface area contributed by atoms with E-state index in [2.05, 4.69) is 20.9 Å². The third-order valence-electron chi connectivity index (χ3n) is 1.96. The average molecular weight is 259 g/mol. The molecule has 0 aliphatic carbocycles. The third kappa shape index (κ3) is 2.52. The zero-order valence-corrected chi connectivity index (χ0v) is 9.28. The number of hydrogen-bond donors (Lipinski definition) is 2. The number of carboxylic acids is 1. The van der Waals surface area contributed by atoms with Gasteiger partial charge in [-0.05, 0) is 40.4 Å². The summed E-state index contributed by atoms with van der Waals surface area (Å²) in [5.41, 5.74) is 7.28. The molecule has 0 radical (unpaired) electrons. The van der Waals surface area contributed by atoms with Crippen LogP contribution in [-0.4, -0.2) is 22.1 Å². The molecule has 1 heterocycles. The lowest BCUT2D eigenvalue weighted by molar-refractivity contribution is -0.138. The maximum atomic E-state index is 10.6. The highest BCUT2D eigenvalue weighted by Gasteiger charge is 2.15. The number of nitrogens with zero attached hydrogens (tertiary/aromatic N) is 1. The van der Waals surface area contributed by atoms with Crippen molar-refractivity contribution in [1.29, 1.82) is 0 Å². The second kappa shape index (κ2) is 4.52. The Morgan fingerprint density at radius 2 is 2.36 bits per heavy atom. The van der Waals surface area contributed by atoms with Gasteiger partial charge in [-0.3, -0.25) is 9.78 Å². The van der Waals surface area contributed by atoms with Gasteiger partial charge in [0.25, 0.3) is 0 Å². The predicted octanol–water partition coefficient (Wildman–Crippen LogP) is 1.11. The Morgan fingerprint density at radius 1 is 1.71 bits per heavy atom. The first-order valence-electron chi connectivity index (χ1n) is 4.09. The van der Waals surface area contributed by atoms with Gasteiger partial charge in [-0.2, -0.15) is 0 Å². The van der Waals surface area contributed by atoms with Crippen LogP contribution >= 0.6 is 15.9 Å². The second-order valence-corrected chi connectivity index (χ2v) is 3.92. The first kappa shape index (κ1) is 11.1. The molecule has 0 spiro atoms. The molecule has 1 rings (SSSR count). The zero-order valence-electron chi connectivity index (χ0n) is 7.70.